The van der Waals surface area contributed by atoms with Crippen LogP contribution < -0.4 is 5.73 Å². The number of nitrogens with zero attached hydrogens (tertiary/aromatic N) is 2. The van der Waals surface area contributed by atoms with E-state index >= 15 is 0 Å². The third kappa shape index (κ3) is 2.18. The molecular weight excluding hydrogens is 266 g/mol. The molecule has 0 aromatic carbocycles. The molecule has 3 rings (SSSR count). The summed E-state index contributed by atoms with van der Waals surface area (Å²) in [4.78, 5) is 4.55. The van der Waals surface area contributed by atoms with Gasteiger partial charge in [-0.2, -0.15) is 16.7 Å². The molecule has 3 unspecified atom stereocenters. The standard InChI is InChI=1S/C12H19N3OS2/c1-7-8(2)18-9(6-17-7)10-14-11(16-15-10)12(13)4-3-5-12/h7-9H,3-6,13H2,1-2H3. The topological polar surface area (TPSA) is 64.9 Å². The van der Waals surface area contributed by atoms with E-state index in [1.807, 2.05) is 23.5 Å². The molecule has 18 heavy (non-hydrogen) atoms. The number of hydrogen-bond acceptors (Lipinski definition) is 6. The van der Waals surface area contributed by atoms with Gasteiger partial charge in [-0.1, -0.05) is 19.0 Å². The van der Waals surface area contributed by atoms with Crippen molar-refractivity contribution < 1.29 is 4.52 Å². The molecule has 2 fully saturated rings. The molecule has 4 nitrogen and oxygen atoms in total. The highest BCUT2D eigenvalue weighted by atomic mass is 32.2. The van der Waals surface area contributed by atoms with Gasteiger partial charge in [-0.25, -0.2) is 0 Å². The molecular formula is C12H19N3OS2. The first-order valence-electron chi connectivity index (χ1n) is 6.48. The van der Waals surface area contributed by atoms with Crippen LogP contribution >= 0.6 is 23.5 Å². The molecule has 0 radical (unpaired) electrons. The van der Waals surface area contributed by atoms with Gasteiger partial charge >= 0.3 is 0 Å². The van der Waals surface area contributed by atoms with Crippen LogP contribution in [-0.4, -0.2) is 26.4 Å². The van der Waals surface area contributed by atoms with Gasteiger partial charge in [0.1, 0.15) is 0 Å². The minimum absolute atomic E-state index is 0.337. The van der Waals surface area contributed by atoms with Gasteiger partial charge in [-0.05, 0) is 19.3 Å². The summed E-state index contributed by atoms with van der Waals surface area (Å²) in [7, 11) is 0. The van der Waals surface area contributed by atoms with Crippen LogP contribution in [0.3, 0.4) is 0 Å². The Morgan fingerprint density at radius 1 is 1.33 bits per heavy atom. The van der Waals surface area contributed by atoms with Crippen molar-refractivity contribution in [2.24, 2.45) is 5.73 Å². The van der Waals surface area contributed by atoms with E-state index in [0.717, 1.165) is 30.8 Å². The maximum Gasteiger partial charge on any atom is 0.246 e. The zero-order valence-corrected chi connectivity index (χ0v) is 12.4. The van der Waals surface area contributed by atoms with Gasteiger partial charge < -0.3 is 10.3 Å². The highest BCUT2D eigenvalue weighted by molar-refractivity contribution is 8.07. The van der Waals surface area contributed by atoms with Gasteiger partial charge in [-0.3, -0.25) is 0 Å². The highest BCUT2D eigenvalue weighted by Crippen LogP contribution is 2.44. The summed E-state index contributed by atoms with van der Waals surface area (Å²) in [6.45, 7) is 4.55. The van der Waals surface area contributed by atoms with Gasteiger partial charge in [-0.15, -0.1) is 11.8 Å². The van der Waals surface area contributed by atoms with Crippen LogP contribution in [0.25, 0.3) is 0 Å². The molecule has 1 aliphatic carbocycles. The summed E-state index contributed by atoms with van der Waals surface area (Å²) in [5.41, 5.74) is 5.87. The van der Waals surface area contributed by atoms with Gasteiger partial charge in [0.25, 0.3) is 0 Å². The van der Waals surface area contributed by atoms with Crippen LogP contribution in [0, 0.1) is 0 Å². The van der Waals surface area contributed by atoms with Crippen molar-refractivity contribution in [3.8, 4) is 0 Å². The molecule has 0 spiro atoms. The number of rotatable bonds is 2. The Bertz CT molecular complexity index is 433. The van der Waals surface area contributed by atoms with Crippen molar-refractivity contribution in [3.05, 3.63) is 11.7 Å². The summed E-state index contributed by atoms with van der Waals surface area (Å²) in [6, 6.07) is 0. The first-order chi connectivity index (χ1) is 8.58. The summed E-state index contributed by atoms with van der Waals surface area (Å²) < 4.78 is 5.38. The van der Waals surface area contributed by atoms with Crippen LogP contribution in [0.1, 0.15) is 50.1 Å². The molecule has 1 aromatic rings. The maximum absolute atomic E-state index is 6.21. The van der Waals surface area contributed by atoms with Gasteiger partial charge in [0.2, 0.25) is 5.89 Å². The van der Waals surface area contributed by atoms with Crippen LogP contribution in [0.4, 0.5) is 0 Å². The number of hydrogen-bond donors (Lipinski definition) is 1. The Kier molecular flexibility index (Phi) is 3.36. The second-order valence-corrected chi connectivity index (χ2v) is 8.33. The van der Waals surface area contributed by atoms with E-state index in [2.05, 4.69) is 24.0 Å². The summed E-state index contributed by atoms with van der Waals surface area (Å²) in [6.07, 6.45) is 3.10. The number of nitrogens with two attached hydrogens (primary N) is 1. The molecule has 2 N–H and O–H groups in total. The SMILES string of the molecule is CC1SCC(c2noc(C3(N)CCC3)n2)SC1C. The van der Waals surface area contributed by atoms with E-state index in [4.69, 9.17) is 10.3 Å². The molecule has 1 saturated heterocycles. The van der Waals surface area contributed by atoms with Crippen molar-refractivity contribution >= 4 is 23.5 Å². The zero-order chi connectivity index (χ0) is 12.8. The molecule has 1 saturated carbocycles. The van der Waals surface area contributed by atoms with Crippen LogP contribution in [0.15, 0.2) is 4.52 Å². The van der Waals surface area contributed by atoms with E-state index in [0.29, 0.717) is 21.6 Å². The molecule has 1 aliphatic heterocycles. The van der Waals surface area contributed by atoms with E-state index in [-0.39, 0.29) is 5.54 Å². The smallest absolute Gasteiger partial charge is 0.246 e. The first-order valence-corrected chi connectivity index (χ1v) is 8.48. The van der Waals surface area contributed by atoms with E-state index in [1.54, 1.807) is 0 Å². The lowest BCUT2D eigenvalue weighted by atomic mass is 9.78. The largest absolute Gasteiger partial charge is 0.337 e. The van der Waals surface area contributed by atoms with E-state index in [9.17, 15) is 0 Å². The molecule has 2 heterocycles. The lowest BCUT2D eigenvalue weighted by Crippen LogP contribution is -2.43. The fourth-order valence-corrected chi connectivity index (χ4v) is 5.09. The van der Waals surface area contributed by atoms with Crippen molar-refractivity contribution in [3.63, 3.8) is 0 Å². The Labute approximate surface area is 116 Å². The maximum atomic E-state index is 6.21. The second kappa shape index (κ2) is 4.72. The lowest BCUT2D eigenvalue weighted by molar-refractivity contribution is 0.181. The predicted octanol–water partition coefficient (Wildman–Crippen LogP) is 2.71. The normalized spacial score (nSPS) is 35.2. The Morgan fingerprint density at radius 3 is 2.72 bits per heavy atom. The molecule has 3 atom stereocenters. The van der Waals surface area contributed by atoms with Crippen LogP contribution in [0.5, 0.6) is 0 Å². The minimum Gasteiger partial charge on any atom is -0.337 e. The predicted molar refractivity (Wildman–Crippen MR) is 75.7 cm³/mol. The summed E-state index contributed by atoms with van der Waals surface area (Å²) in [5.74, 6) is 2.53. The van der Waals surface area contributed by atoms with Crippen LogP contribution in [0.2, 0.25) is 0 Å². The second-order valence-electron chi connectivity index (χ2n) is 5.34. The fourth-order valence-electron chi connectivity index (χ4n) is 2.26. The Balaban J connectivity index is 1.73. The molecule has 0 bridgehead atoms. The first kappa shape index (κ1) is 12.8. The minimum atomic E-state index is -0.337. The molecule has 1 aromatic heterocycles. The molecule has 100 valence electrons. The fraction of sp³-hybridized carbons (Fsp3) is 0.833. The summed E-state index contributed by atoms with van der Waals surface area (Å²) in [5, 5.41) is 5.83. The number of aromatic nitrogens is 2. The van der Waals surface area contributed by atoms with E-state index < -0.39 is 0 Å². The summed E-state index contributed by atoms with van der Waals surface area (Å²) >= 11 is 3.94. The molecule has 0 amide bonds. The van der Waals surface area contributed by atoms with Gasteiger partial charge in [0.05, 0.1) is 10.8 Å². The third-order valence-electron chi connectivity index (χ3n) is 3.95. The average molecular weight is 285 g/mol. The molecule has 2 aliphatic rings. The van der Waals surface area contributed by atoms with Gasteiger partial charge in [0, 0.05) is 16.3 Å². The van der Waals surface area contributed by atoms with Gasteiger partial charge in [0.15, 0.2) is 5.82 Å². The Morgan fingerprint density at radius 2 is 2.11 bits per heavy atom. The zero-order valence-electron chi connectivity index (χ0n) is 10.8. The lowest BCUT2D eigenvalue weighted by Gasteiger charge is -2.34. The monoisotopic (exact) mass is 285 g/mol. The van der Waals surface area contributed by atoms with E-state index in [1.165, 1.54) is 0 Å². The van der Waals surface area contributed by atoms with Crippen molar-refractivity contribution in [1.29, 1.82) is 0 Å². The molecule has 6 heteroatoms. The average Bonchev–Trinajstić information content (AvgIpc) is 2.79. The van der Waals surface area contributed by atoms with Crippen molar-refractivity contribution in [2.75, 3.05) is 5.75 Å². The van der Waals surface area contributed by atoms with Crippen molar-refractivity contribution in [2.45, 2.75) is 54.4 Å². The third-order valence-corrected chi connectivity index (χ3v) is 7.34. The van der Waals surface area contributed by atoms with Crippen LogP contribution in [-0.2, 0) is 5.54 Å². The quantitative estimate of drug-likeness (QED) is 0.901. The van der Waals surface area contributed by atoms with Crippen molar-refractivity contribution in [1.82, 2.24) is 10.1 Å². The highest BCUT2D eigenvalue weighted by Gasteiger charge is 2.41. The Hall–Kier alpha value is -0.200. The number of thioether (sulfide) groups is 2.